The first-order valence-corrected chi connectivity index (χ1v) is 6.43. The van der Waals surface area contributed by atoms with Crippen molar-refractivity contribution in [2.75, 3.05) is 0 Å². The third-order valence-electron chi connectivity index (χ3n) is 4.56. The molecule has 4 rings (SSSR count). The molecule has 1 saturated carbocycles. The summed E-state index contributed by atoms with van der Waals surface area (Å²) in [7, 11) is 0. The predicted octanol–water partition coefficient (Wildman–Crippen LogP) is 0.611. The van der Waals surface area contributed by atoms with Crippen LogP contribution in [0.5, 0.6) is 0 Å². The van der Waals surface area contributed by atoms with Gasteiger partial charge in [0, 0.05) is 24.7 Å². The van der Waals surface area contributed by atoms with Gasteiger partial charge in [-0.1, -0.05) is 6.08 Å². The molecule has 1 heterocycles. The van der Waals surface area contributed by atoms with Crippen molar-refractivity contribution in [1.82, 2.24) is 0 Å². The Labute approximate surface area is 110 Å². The summed E-state index contributed by atoms with van der Waals surface area (Å²) in [5.74, 6) is -2.20. The Morgan fingerprint density at radius 2 is 2.21 bits per heavy atom. The summed E-state index contributed by atoms with van der Waals surface area (Å²) in [6.45, 7) is 1.44. The predicted molar refractivity (Wildman–Crippen MR) is 63.0 cm³/mol. The lowest BCUT2D eigenvalue weighted by atomic mass is 9.56. The molecule has 100 valence electrons. The Hall–Kier alpha value is -1.78. The van der Waals surface area contributed by atoms with Gasteiger partial charge < -0.3 is 9.53 Å². The third kappa shape index (κ3) is 1.47. The minimum Gasteiger partial charge on any atom is -0.450 e. The smallest absolute Gasteiger partial charge is 0.306 e. The molecule has 1 aliphatic heterocycles. The highest BCUT2D eigenvalue weighted by Crippen LogP contribution is 2.52. The number of ether oxygens (including phenoxy) is 1. The summed E-state index contributed by atoms with van der Waals surface area (Å²) in [6.07, 6.45) is 3.31. The van der Waals surface area contributed by atoms with Gasteiger partial charge in [0.15, 0.2) is 17.2 Å². The monoisotopic (exact) mass is 262 g/mol. The van der Waals surface area contributed by atoms with Crippen molar-refractivity contribution in [2.24, 2.45) is 17.8 Å². The third-order valence-corrected chi connectivity index (χ3v) is 4.56. The Morgan fingerprint density at radius 1 is 1.47 bits per heavy atom. The Kier molecular flexibility index (Phi) is 2.49. The molecule has 4 atom stereocenters. The van der Waals surface area contributed by atoms with Crippen LogP contribution in [0.3, 0.4) is 0 Å². The number of hydrogen-bond acceptors (Lipinski definition) is 5. The van der Waals surface area contributed by atoms with Crippen LogP contribution >= 0.6 is 0 Å². The summed E-state index contributed by atoms with van der Waals surface area (Å²) in [5.41, 5.74) is -0.644. The standard InChI is InChI=1S/C14H14O5/c1-7(16)9-5-10-8(6-15)4-11(9)14(13(10)18)3-2-12(17)19-14/h5-6,8,10-11H,2-4H2,1H3/t8-,10+,11+,14+/m0/s1. The van der Waals surface area contributed by atoms with Crippen LogP contribution in [0.1, 0.15) is 26.2 Å². The molecule has 1 saturated heterocycles. The number of esters is 1. The van der Waals surface area contributed by atoms with Gasteiger partial charge in [-0.2, -0.15) is 0 Å². The van der Waals surface area contributed by atoms with E-state index in [-0.39, 0.29) is 18.0 Å². The molecular formula is C14H14O5. The molecule has 1 spiro atoms. The van der Waals surface area contributed by atoms with E-state index in [4.69, 9.17) is 4.74 Å². The van der Waals surface area contributed by atoms with Crippen molar-refractivity contribution in [3.8, 4) is 0 Å². The summed E-state index contributed by atoms with van der Waals surface area (Å²) >= 11 is 0. The summed E-state index contributed by atoms with van der Waals surface area (Å²) in [4.78, 5) is 46.7. The van der Waals surface area contributed by atoms with Crippen LogP contribution in [0.2, 0.25) is 0 Å². The average molecular weight is 262 g/mol. The fourth-order valence-corrected chi connectivity index (χ4v) is 3.66. The first kappa shape index (κ1) is 12.3. The second kappa shape index (κ2) is 3.85. The zero-order valence-corrected chi connectivity index (χ0v) is 10.5. The number of rotatable bonds is 2. The molecule has 0 aromatic heterocycles. The topological polar surface area (TPSA) is 77.5 Å². The van der Waals surface area contributed by atoms with Crippen molar-refractivity contribution in [1.29, 1.82) is 0 Å². The zero-order valence-electron chi connectivity index (χ0n) is 10.5. The van der Waals surface area contributed by atoms with Gasteiger partial charge in [-0.15, -0.1) is 0 Å². The number of allylic oxidation sites excluding steroid dienone is 1. The lowest BCUT2D eigenvalue weighted by Gasteiger charge is -2.48. The molecule has 2 bridgehead atoms. The van der Waals surface area contributed by atoms with Crippen molar-refractivity contribution in [2.45, 2.75) is 31.8 Å². The molecule has 0 unspecified atom stereocenters. The Balaban J connectivity index is 2.10. The lowest BCUT2D eigenvalue weighted by molar-refractivity contribution is -0.171. The van der Waals surface area contributed by atoms with Crippen molar-refractivity contribution in [3.63, 3.8) is 0 Å². The lowest BCUT2D eigenvalue weighted by Crippen LogP contribution is -2.59. The van der Waals surface area contributed by atoms with E-state index in [1.54, 1.807) is 6.08 Å². The average Bonchev–Trinajstić information content (AvgIpc) is 2.77. The van der Waals surface area contributed by atoms with E-state index < -0.39 is 29.3 Å². The molecule has 5 heteroatoms. The second-order valence-corrected chi connectivity index (χ2v) is 5.52. The van der Waals surface area contributed by atoms with Crippen molar-refractivity contribution in [3.05, 3.63) is 11.6 Å². The molecular weight excluding hydrogens is 248 g/mol. The highest BCUT2D eigenvalue weighted by Gasteiger charge is 2.63. The van der Waals surface area contributed by atoms with Gasteiger partial charge in [0.25, 0.3) is 0 Å². The highest BCUT2D eigenvalue weighted by molar-refractivity contribution is 6.05. The minimum atomic E-state index is -1.18. The molecule has 5 nitrogen and oxygen atoms in total. The van der Waals surface area contributed by atoms with Gasteiger partial charge in [0.1, 0.15) is 6.29 Å². The Morgan fingerprint density at radius 3 is 2.74 bits per heavy atom. The van der Waals surface area contributed by atoms with E-state index in [1.807, 2.05) is 0 Å². The van der Waals surface area contributed by atoms with Gasteiger partial charge in [-0.3, -0.25) is 14.4 Å². The van der Waals surface area contributed by atoms with E-state index >= 15 is 0 Å². The van der Waals surface area contributed by atoms with E-state index in [2.05, 4.69) is 0 Å². The molecule has 2 fully saturated rings. The molecule has 0 aromatic carbocycles. The number of carbonyl (C=O) groups is 4. The Bertz CT molecular complexity index is 532. The quantitative estimate of drug-likeness (QED) is 0.538. The molecule has 0 amide bonds. The van der Waals surface area contributed by atoms with Gasteiger partial charge in [-0.25, -0.2) is 0 Å². The maximum Gasteiger partial charge on any atom is 0.306 e. The van der Waals surface area contributed by atoms with Crippen LogP contribution in [-0.2, 0) is 23.9 Å². The van der Waals surface area contributed by atoms with Crippen LogP contribution in [0.15, 0.2) is 11.6 Å². The van der Waals surface area contributed by atoms with Crippen LogP contribution < -0.4 is 0 Å². The van der Waals surface area contributed by atoms with Gasteiger partial charge in [0.05, 0.1) is 5.92 Å². The normalized spacial score (nSPS) is 40.3. The van der Waals surface area contributed by atoms with Crippen LogP contribution in [-0.4, -0.2) is 29.4 Å². The molecule has 4 aliphatic rings. The van der Waals surface area contributed by atoms with Gasteiger partial charge >= 0.3 is 5.97 Å². The zero-order chi connectivity index (χ0) is 13.8. The summed E-state index contributed by atoms with van der Waals surface area (Å²) < 4.78 is 5.31. The fraction of sp³-hybridized carbons (Fsp3) is 0.571. The molecule has 0 radical (unpaired) electrons. The molecule has 19 heavy (non-hydrogen) atoms. The fourth-order valence-electron chi connectivity index (χ4n) is 3.66. The van der Waals surface area contributed by atoms with Crippen LogP contribution in [0.4, 0.5) is 0 Å². The molecule has 0 N–H and O–H groups in total. The maximum absolute atomic E-state index is 12.5. The number of hydrogen-bond donors (Lipinski definition) is 0. The minimum absolute atomic E-state index is 0.117. The molecule has 0 aromatic rings. The van der Waals surface area contributed by atoms with E-state index in [0.717, 1.165) is 6.29 Å². The van der Waals surface area contributed by atoms with Gasteiger partial charge in [0.2, 0.25) is 0 Å². The second-order valence-electron chi connectivity index (χ2n) is 5.52. The first-order valence-electron chi connectivity index (χ1n) is 6.43. The van der Waals surface area contributed by atoms with Crippen LogP contribution in [0.25, 0.3) is 0 Å². The number of Topliss-reactive ketones (excluding diaryl/α,β-unsaturated/α-hetero) is 2. The largest absolute Gasteiger partial charge is 0.450 e. The van der Waals surface area contributed by atoms with E-state index in [9.17, 15) is 19.2 Å². The summed E-state index contributed by atoms with van der Waals surface area (Å²) in [5, 5.41) is 0. The SMILES string of the molecule is CC(=O)C1=C[C@H]2C(=O)[C@@]3(CCC(=O)O3)[C@@H]1C[C@H]2C=O. The van der Waals surface area contributed by atoms with Crippen molar-refractivity contribution < 1.29 is 23.9 Å². The number of aldehydes is 1. The molecule has 3 aliphatic carbocycles. The number of fused-ring (bicyclic) bond motifs is 1. The number of ketones is 2. The van der Waals surface area contributed by atoms with Crippen molar-refractivity contribution >= 4 is 23.8 Å². The summed E-state index contributed by atoms with van der Waals surface area (Å²) in [6, 6.07) is 0. The highest BCUT2D eigenvalue weighted by atomic mass is 16.6. The number of carbonyl (C=O) groups excluding carboxylic acids is 4. The van der Waals surface area contributed by atoms with Crippen LogP contribution in [0, 0.1) is 17.8 Å². The van der Waals surface area contributed by atoms with E-state index in [1.165, 1.54) is 6.92 Å². The maximum atomic E-state index is 12.5. The van der Waals surface area contributed by atoms with E-state index in [0.29, 0.717) is 18.4 Å². The first-order chi connectivity index (χ1) is 8.99. The van der Waals surface area contributed by atoms with Gasteiger partial charge in [-0.05, 0) is 18.9 Å².